The Kier molecular flexibility index (Phi) is 2.06. The molecule has 0 radical (unpaired) electrons. The predicted octanol–water partition coefficient (Wildman–Crippen LogP) is 1.39. The maximum Gasteiger partial charge on any atom is 0.0624 e. The smallest absolute Gasteiger partial charge is 0.0624 e. The van der Waals surface area contributed by atoms with Crippen molar-refractivity contribution in [1.82, 2.24) is 0 Å². The van der Waals surface area contributed by atoms with Gasteiger partial charge < -0.3 is 5.73 Å². The Labute approximate surface area is 64.6 Å². The van der Waals surface area contributed by atoms with Crippen LogP contribution in [0.4, 0.5) is 11.4 Å². The fraction of sp³-hybridized carbons (Fsp3) is 0.143. The number of hydrogen-bond acceptors (Lipinski definition) is 3. The Morgan fingerprint density at radius 2 is 1.91 bits per heavy atom. The third-order valence-corrected chi connectivity index (χ3v) is 1.39. The van der Waals surface area contributed by atoms with E-state index in [0.717, 1.165) is 5.69 Å². The van der Waals surface area contributed by atoms with Crippen LogP contribution in [0, 0.1) is 4.91 Å². The third kappa shape index (κ3) is 1.67. The molecule has 1 aromatic carbocycles. The van der Waals surface area contributed by atoms with Crippen molar-refractivity contribution in [2.45, 2.75) is 0 Å². The standard InChI is InChI=1S/C7H9N3O/c1-10(9-11)7-4-2-6(8)3-5-7/h2-5H,8H2,1H3. The number of anilines is 2. The Bertz CT molecular complexity index is 244. The van der Waals surface area contributed by atoms with Crippen LogP contribution in [-0.4, -0.2) is 7.05 Å². The molecule has 0 aliphatic rings. The zero-order chi connectivity index (χ0) is 8.27. The number of nitrogen functional groups attached to an aromatic ring is 1. The Balaban J connectivity index is 2.89. The van der Waals surface area contributed by atoms with Crippen LogP contribution in [0.25, 0.3) is 0 Å². The molecule has 0 aliphatic heterocycles. The SMILES string of the molecule is CN(N=O)c1ccc(N)cc1. The zero-order valence-electron chi connectivity index (χ0n) is 6.19. The van der Waals surface area contributed by atoms with Crippen molar-refractivity contribution in [1.29, 1.82) is 0 Å². The first-order valence-corrected chi connectivity index (χ1v) is 3.16. The van der Waals surface area contributed by atoms with Crippen LogP contribution in [-0.2, 0) is 0 Å². The first-order valence-electron chi connectivity index (χ1n) is 3.16. The molecule has 0 bridgehead atoms. The number of nitroso groups, excluding NO2 is 1. The van der Waals surface area contributed by atoms with Gasteiger partial charge in [-0.15, -0.1) is 4.91 Å². The quantitative estimate of drug-likeness (QED) is 0.394. The van der Waals surface area contributed by atoms with E-state index in [-0.39, 0.29) is 0 Å². The molecule has 11 heavy (non-hydrogen) atoms. The average molecular weight is 151 g/mol. The van der Waals surface area contributed by atoms with Gasteiger partial charge in [0.1, 0.15) is 0 Å². The largest absolute Gasteiger partial charge is 0.399 e. The second-order valence-electron chi connectivity index (χ2n) is 2.20. The van der Waals surface area contributed by atoms with Crippen molar-refractivity contribution < 1.29 is 0 Å². The van der Waals surface area contributed by atoms with E-state index in [1.165, 1.54) is 5.01 Å². The molecule has 4 nitrogen and oxygen atoms in total. The molecule has 0 heterocycles. The van der Waals surface area contributed by atoms with Gasteiger partial charge in [-0.2, -0.15) is 0 Å². The number of benzene rings is 1. The van der Waals surface area contributed by atoms with Gasteiger partial charge in [0.2, 0.25) is 0 Å². The summed E-state index contributed by atoms with van der Waals surface area (Å²) >= 11 is 0. The zero-order valence-corrected chi connectivity index (χ0v) is 6.19. The summed E-state index contributed by atoms with van der Waals surface area (Å²) < 4.78 is 0. The van der Waals surface area contributed by atoms with Gasteiger partial charge in [0.25, 0.3) is 0 Å². The molecule has 2 N–H and O–H groups in total. The van der Waals surface area contributed by atoms with E-state index in [0.29, 0.717) is 5.69 Å². The van der Waals surface area contributed by atoms with Gasteiger partial charge in [0, 0.05) is 12.7 Å². The van der Waals surface area contributed by atoms with Crippen molar-refractivity contribution >= 4 is 11.4 Å². The van der Waals surface area contributed by atoms with Gasteiger partial charge in [-0.25, -0.2) is 5.01 Å². The molecule has 0 aliphatic carbocycles. The molecule has 0 aromatic heterocycles. The number of hydrogen-bond donors (Lipinski definition) is 1. The van der Waals surface area contributed by atoms with E-state index in [9.17, 15) is 4.91 Å². The highest BCUT2D eigenvalue weighted by atomic mass is 16.3. The normalized spacial score (nSPS) is 9.18. The van der Waals surface area contributed by atoms with Gasteiger partial charge >= 0.3 is 0 Å². The number of nitrogens with zero attached hydrogens (tertiary/aromatic N) is 2. The monoisotopic (exact) mass is 151 g/mol. The van der Waals surface area contributed by atoms with E-state index < -0.39 is 0 Å². The Morgan fingerprint density at radius 1 is 1.36 bits per heavy atom. The fourth-order valence-corrected chi connectivity index (χ4v) is 0.737. The second-order valence-corrected chi connectivity index (χ2v) is 2.20. The van der Waals surface area contributed by atoms with E-state index in [2.05, 4.69) is 5.29 Å². The molecule has 1 rings (SSSR count). The highest BCUT2D eigenvalue weighted by Gasteiger charge is 1.96. The van der Waals surface area contributed by atoms with Crippen LogP contribution < -0.4 is 10.7 Å². The van der Waals surface area contributed by atoms with E-state index in [4.69, 9.17) is 5.73 Å². The van der Waals surface area contributed by atoms with Gasteiger partial charge in [-0.1, -0.05) is 0 Å². The summed E-state index contributed by atoms with van der Waals surface area (Å²) in [5.74, 6) is 0. The maximum absolute atomic E-state index is 10.0. The molecule has 4 heteroatoms. The molecule has 0 fully saturated rings. The molecule has 0 amide bonds. The summed E-state index contributed by atoms with van der Waals surface area (Å²) in [4.78, 5) is 10.0. The Hall–Kier alpha value is -1.58. The molecular formula is C7H9N3O. The van der Waals surface area contributed by atoms with Gasteiger partial charge in [0.15, 0.2) is 0 Å². The lowest BCUT2D eigenvalue weighted by Crippen LogP contribution is -2.06. The summed E-state index contributed by atoms with van der Waals surface area (Å²) in [7, 11) is 1.58. The van der Waals surface area contributed by atoms with Crippen molar-refractivity contribution in [3.8, 4) is 0 Å². The van der Waals surface area contributed by atoms with Crippen molar-refractivity contribution in [2.75, 3.05) is 17.8 Å². The van der Waals surface area contributed by atoms with Crippen LogP contribution in [0.1, 0.15) is 0 Å². The summed E-state index contributed by atoms with van der Waals surface area (Å²) in [6, 6.07) is 6.90. The topological polar surface area (TPSA) is 58.7 Å². The third-order valence-electron chi connectivity index (χ3n) is 1.39. The molecule has 58 valence electrons. The predicted molar refractivity (Wildman–Crippen MR) is 45.1 cm³/mol. The lowest BCUT2D eigenvalue weighted by atomic mass is 10.3. The summed E-state index contributed by atoms with van der Waals surface area (Å²) in [6.45, 7) is 0. The van der Waals surface area contributed by atoms with Crippen molar-refractivity contribution in [2.24, 2.45) is 5.29 Å². The van der Waals surface area contributed by atoms with Gasteiger partial charge in [-0.3, -0.25) is 0 Å². The van der Waals surface area contributed by atoms with Gasteiger partial charge in [-0.05, 0) is 24.3 Å². The molecule has 1 aromatic rings. The minimum atomic E-state index is 0.674. The number of nitrogens with two attached hydrogens (primary N) is 1. The summed E-state index contributed by atoms with van der Waals surface area (Å²) in [6.07, 6.45) is 0. The maximum atomic E-state index is 10.0. The van der Waals surface area contributed by atoms with Gasteiger partial charge in [0.05, 0.1) is 11.0 Å². The first kappa shape index (κ1) is 7.53. The molecular weight excluding hydrogens is 142 g/mol. The van der Waals surface area contributed by atoms with Crippen LogP contribution in [0.15, 0.2) is 29.6 Å². The highest BCUT2D eigenvalue weighted by Crippen LogP contribution is 2.14. The minimum Gasteiger partial charge on any atom is -0.399 e. The lowest BCUT2D eigenvalue weighted by Gasteiger charge is -2.07. The molecule has 0 atom stereocenters. The van der Waals surface area contributed by atoms with E-state index in [1.54, 1.807) is 31.3 Å². The molecule has 0 spiro atoms. The van der Waals surface area contributed by atoms with Crippen LogP contribution in [0.2, 0.25) is 0 Å². The van der Waals surface area contributed by atoms with E-state index in [1.807, 2.05) is 0 Å². The van der Waals surface area contributed by atoms with Crippen molar-refractivity contribution in [3.05, 3.63) is 29.2 Å². The molecule has 0 saturated heterocycles. The van der Waals surface area contributed by atoms with Crippen molar-refractivity contribution in [3.63, 3.8) is 0 Å². The second kappa shape index (κ2) is 3.01. The lowest BCUT2D eigenvalue weighted by molar-refractivity contribution is 1.00. The first-order chi connectivity index (χ1) is 5.24. The average Bonchev–Trinajstić information content (AvgIpc) is 2.05. The molecule has 0 unspecified atom stereocenters. The van der Waals surface area contributed by atoms with Crippen LogP contribution in [0.5, 0.6) is 0 Å². The minimum absolute atomic E-state index is 0.674. The van der Waals surface area contributed by atoms with Crippen LogP contribution in [0.3, 0.4) is 0 Å². The Morgan fingerprint density at radius 3 is 2.36 bits per heavy atom. The fourth-order valence-electron chi connectivity index (χ4n) is 0.737. The summed E-state index contributed by atoms with van der Waals surface area (Å²) in [5, 5.41) is 3.97. The summed E-state index contributed by atoms with van der Waals surface area (Å²) in [5.41, 5.74) is 6.85. The van der Waals surface area contributed by atoms with Crippen LogP contribution >= 0.6 is 0 Å². The number of rotatable bonds is 2. The van der Waals surface area contributed by atoms with E-state index >= 15 is 0 Å². The highest BCUT2D eigenvalue weighted by molar-refractivity contribution is 5.51. The molecule has 0 saturated carbocycles.